The van der Waals surface area contributed by atoms with Gasteiger partial charge in [0.25, 0.3) is 0 Å². The van der Waals surface area contributed by atoms with Crippen molar-refractivity contribution in [2.24, 2.45) is 0 Å². The third-order valence-corrected chi connectivity index (χ3v) is 3.68. The van der Waals surface area contributed by atoms with Crippen molar-refractivity contribution in [3.8, 4) is 0 Å². The van der Waals surface area contributed by atoms with Crippen LogP contribution in [0.3, 0.4) is 0 Å². The molecule has 1 heterocycles. The van der Waals surface area contributed by atoms with E-state index in [1.54, 1.807) is 24.9 Å². The van der Waals surface area contributed by atoms with E-state index in [1.165, 1.54) is 10.5 Å². The Morgan fingerprint density at radius 2 is 1.94 bits per heavy atom. The standard InChI is InChI=1S/C14H15NOS/c1-10-5-3-4-6-13(10)17-14-8-7-12(9-15-14)11(2)16/h3-9,11,16H,1-2H3/t11-/m0/s1. The Balaban J connectivity index is 2.17. The first-order valence-corrected chi connectivity index (χ1v) is 6.36. The summed E-state index contributed by atoms with van der Waals surface area (Å²) in [4.78, 5) is 5.55. The summed E-state index contributed by atoms with van der Waals surface area (Å²) >= 11 is 1.64. The van der Waals surface area contributed by atoms with Crippen molar-refractivity contribution in [1.82, 2.24) is 4.98 Å². The smallest absolute Gasteiger partial charge is 0.101 e. The molecule has 88 valence electrons. The minimum atomic E-state index is -0.458. The molecule has 3 heteroatoms. The van der Waals surface area contributed by atoms with Gasteiger partial charge in [-0.15, -0.1) is 0 Å². The molecule has 17 heavy (non-hydrogen) atoms. The quantitative estimate of drug-likeness (QED) is 0.897. The van der Waals surface area contributed by atoms with Crippen LogP contribution in [0.25, 0.3) is 0 Å². The van der Waals surface area contributed by atoms with Crippen molar-refractivity contribution in [2.75, 3.05) is 0 Å². The SMILES string of the molecule is Cc1ccccc1Sc1ccc([C@H](C)O)cn1. The van der Waals surface area contributed by atoms with Gasteiger partial charge in [0.15, 0.2) is 0 Å². The molecule has 2 aromatic rings. The number of aromatic nitrogens is 1. The first kappa shape index (κ1) is 12.1. The first-order chi connectivity index (χ1) is 8.16. The van der Waals surface area contributed by atoms with E-state index in [0.29, 0.717) is 0 Å². The van der Waals surface area contributed by atoms with Gasteiger partial charge in [0, 0.05) is 11.1 Å². The van der Waals surface area contributed by atoms with Gasteiger partial charge in [-0.2, -0.15) is 0 Å². The highest BCUT2D eigenvalue weighted by molar-refractivity contribution is 7.99. The van der Waals surface area contributed by atoms with Gasteiger partial charge in [0.1, 0.15) is 5.03 Å². The van der Waals surface area contributed by atoms with Crippen molar-refractivity contribution in [3.63, 3.8) is 0 Å². The second kappa shape index (κ2) is 5.34. The number of pyridine rings is 1. The molecule has 1 aromatic heterocycles. The summed E-state index contributed by atoms with van der Waals surface area (Å²) in [5.41, 5.74) is 2.10. The van der Waals surface area contributed by atoms with Crippen molar-refractivity contribution < 1.29 is 5.11 Å². The zero-order chi connectivity index (χ0) is 12.3. The zero-order valence-corrected chi connectivity index (χ0v) is 10.7. The van der Waals surface area contributed by atoms with Crippen LogP contribution < -0.4 is 0 Å². The Hall–Kier alpha value is -1.32. The monoisotopic (exact) mass is 245 g/mol. The van der Waals surface area contributed by atoms with E-state index in [9.17, 15) is 5.11 Å². The van der Waals surface area contributed by atoms with Crippen LogP contribution in [0.5, 0.6) is 0 Å². The van der Waals surface area contributed by atoms with Gasteiger partial charge in [-0.3, -0.25) is 0 Å². The van der Waals surface area contributed by atoms with Crippen molar-refractivity contribution in [2.45, 2.75) is 29.9 Å². The summed E-state index contributed by atoms with van der Waals surface area (Å²) in [6.07, 6.45) is 1.27. The summed E-state index contributed by atoms with van der Waals surface area (Å²) < 4.78 is 0. The second-order valence-electron chi connectivity index (χ2n) is 3.97. The van der Waals surface area contributed by atoms with Gasteiger partial charge in [0.05, 0.1) is 6.10 Å². The molecule has 0 saturated heterocycles. The van der Waals surface area contributed by atoms with E-state index < -0.39 is 6.10 Å². The van der Waals surface area contributed by atoms with Crippen LogP contribution in [0.15, 0.2) is 52.5 Å². The van der Waals surface area contributed by atoms with E-state index >= 15 is 0 Å². The number of aryl methyl sites for hydroxylation is 1. The highest BCUT2D eigenvalue weighted by Gasteiger charge is 2.04. The molecule has 0 fully saturated rings. The molecular formula is C14H15NOS. The second-order valence-corrected chi connectivity index (χ2v) is 5.04. The lowest BCUT2D eigenvalue weighted by atomic mass is 10.2. The predicted octanol–water partition coefficient (Wildman–Crippen LogP) is 3.59. The Bertz CT molecular complexity index is 494. The summed E-state index contributed by atoms with van der Waals surface area (Å²) in [7, 11) is 0. The highest BCUT2D eigenvalue weighted by Crippen LogP contribution is 2.28. The maximum absolute atomic E-state index is 9.40. The van der Waals surface area contributed by atoms with E-state index in [0.717, 1.165) is 10.6 Å². The Morgan fingerprint density at radius 1 is 1.18 bits per heavy atom. The lowest BCUT2D eigenvalue weighted by Gasteiger charge is -2.06. The Kier molecular flexibility index (Phi) is 3.82. The molecule has 1 N–H and O–H groups in total. The molecular weight excluding hydrogens is 230 g/mol. The summed E-state index contributed by atoms with van der Waals surface area (Å²) in [5.74, 6) is 0. The van der Waals surface area contributed by atoms with E-state index in [1.807, 2.05) is 24.3 Å². The fraction of sp³-hybridized carbons (Fsp3) is 0.214. The molecule has 0 aliphatic rings. The van der Waals surface area contributed by atoms with Crippen LogP contribution in [-0.4, -0.2) is 10.1 Å². The van der Waals surface area contributed by atoms with Crippen LogP contribution in [0.2, 0.25) is 0 Å². The van der Waals surface area contributed by atoms with Crippen molar-refractivity contribution in [3.05, 3.63) is 53.7 Å². The average molecular weight is 245 g/mol. The van der Waals surface area contributed by atoms with Gasteiger partial charge in [-0.05, 0) is 37.1 Å². The molecule has 0 spiro atoms. The minimum Gasteiger partial charge on any atom is -0.389 e. The van der Waals surface area contributed by atoms with E-state index in [-0.39, 0.29) is 0 Å². The first-order valence-electron chi connectivity index (χ1n) is 5.54. The van der Waals surface area contributed by atoms with Gasteiger partial charge >= 0.3 is 0 Å². The molecule has 0 aliphatic heterocycles. The maximum Gasteiger partial charge on any atom is 0.101 e. The van der Waals surface area contributed by atoms with Gasteiger partial charge in [-0.25, -0.2) is 4.98 Å². The summed E-state index contributed by atoms with van der Waals surface area (Å²) in [5, 5.41) is 10.3. The third kappa shape index (κ3) is 3.08. The molecule has 0 saturated carbocycles. The van der Waals surface area contributed by atoms with Gasteiger partial charge in [-0.1, -0.05) is 36.0 Å². The van der Waals surface area contributed by atoms with Gasteiger partial charge in [0.2, 0.25) is 0 Å². The molecule has 1 aromatic carbocycles. The molecule has 2 rings (SSSR count). The van der Waals surface area contributed by atoms with Crippen LogP contribution in [0.1, 0.15) is 24.2 Å². The lowest BCUT2D eigenvalue weighted by Crippen LogP contribution is -1.92. The van der Waals surface area contributed by atoms with Crippen molar-refractivity contribution >= 4 is 11.8 Å². The largest absolute Gasteiger partial charge is 0.389 e. The number of aliphatic hydroxyl groups excluding tert-OH is 1. The molecule has 1 atom stereocenters. The average Bonchev–Trinajstić information content (AvgIpc) is 2.33. The summed E-state index contributed by atoms with van der Waals surface area (Å²) in [6.45, 7) is 3.83. The molecule has 0 aliphatic carbocycles. The highest BCUT2D eigenvalue weighted by atomic mass is 32.2. The minimum absolute atomic E-state index is 0.458. The lowest BCUT2D eigenvalue weighted by molar-refractivity contribution is 0.198. The van der Waals surface area contributed by atoms with E-state index in [2.05, 4.69) is 24.0 Å². The third-order valence-electron chi connectivity index (χ3n) is 2.55. The molecule has 0 bridgehead atoms. The summed E-state index contributed by atoms with van der Waals surface area (Å²) in [6, 6.07) is 12.1. The number of aliphatic hydroxyl groups is 1. The molecule has 0 radical (unpaired) electrons. The van der Waals surface area contributed by atoms with Gasteiger partial charge < -0.3 is 5.11 Å². The normalized spacial score (nSPS) is 12.4. The molecule has 0 amide bonds. The molecule has 0 unspecified atom stereocenters. The van der Waals surface area contributed by atoms with Crippen LogP contribution in [0, 0.1) is 6.92 Å². The topological polar surface area (TPSA) is 33.1 Å². The molecule has 2 nitrogen and oxygen atoms in total. The fourth-order valence-electron chi connectivity index (χ4n) is 1.48. The number of benzene rings is 1. The Morgan fingerprint density at radius 3 is 2.53 bits per heavy atom. The fourth-order valence-corrected chi connectivity index (χ4v) is 2.33. The predicted molar refractivity (Wildman–Crippen MR) is 70.2 cm³/mol. The number of nitrogens with zero attached hydrogens (tertiary/aromatic N) is 1. The van der Waals surface area contributed by atoms with Crippen LogP contribution >= 0.6 is 11.8 Å². The zero-order valence-electron chi connectivity index (χ0n) is 9.92. The van der Waals surface area contributed by atoms with Crippen LogP contribution in [0.4, 0.5) is 0 Å². The Labute approximate surface area is 106 Å². The maximum atomic E-state index is 9.40. The van der Waals surface area contributed by atoms with E-state index in [4.69, 9.17) is 0 Å². The number of rotatable bonds is 3. The number of hydrogen-bond donors (Lipinski definition) is 1. The van der Waals surface area contributed by atoms with Crippen molar-refractivity contribution in [1.29, 1.82) is 0 Å². The number of hydrogen-bond acceptors (Lipinski definition) is 3. The van der Waals surface area contributed by atoms with Crippen LogP contribution in [-0.2, 0) is 0 Å².